The Bertz CT molecular complexity index is 904. The molecule has 138 valence electrons. The second kappa shape index (κ2) is 8.90. The molecule has 0 saturated heterocycles. The molecule has 3 rings (SSSR count). The van der Waals surface area contributed by atoms with Gasteiger partial charge in [-0.25, -0.2) is 0 Å². The minimum Gasteiger partial charge on any atom is -0.484 e. The number of aryl methyl sites for hydroxylation is 2. The maximum atomic E-state index is 12.0. The normalized spacial score (nSPS) is 10.3. The highest BCUT2D eigenvalue weighted by molar-refractivity contribution is 5.91. The third-order valence-corrected chi connectivity index (χ3v) is 4.22. The van der Waals surface area contributed by atoms with Crippen LogP contribution in [0.5, 0.6) is 5.75 Å². The van der Waals surface area contributed by atoms with E-state index in [4.69, 9.17) is 4.74 Å². The molecule has 1 amide bonds. The van der Waals surface area contributed by atoms with Gasteiger partial charge in [-0.1, -0.05) is 42.5 Å². The number of para-hydroxylation sites is 1. The first kappa shape index (κ1) is 18.5. The fraction of sp³-hybridized carbons (Fsp3) is 0.174. The maximum absolute atomic E-state index is 12.0. The Balaban J connectivity index is 1.47. The van der Waals surface area contributed by atoms with Gasteiger partial charge in [-0.15, -0.1) is 0 Å². The predicted molar refractivity (Wildman–Crippen MR) is 110 cm³/mol. The number of carbonyl (C=O) groups is 1. The average Bonchev–Trinajstić information content (AvgIpc) is 2.67. The summed E-state index contributed by atoms with van der Waals surface area (Å²) in [6, 6.07) is 23.7. The second-order valence-electron chi connectivity index (χ2n) is 6.52. The molecule has 0 aliphatic carbocycles. The van der Waals surface area contributed by atoms with E-state index in [0.717, 1.165) is 29.0 Å². The summed E-state index contributed by atoms with van der Waals surface area (Å²) in [5.41, 5.74) is 5.38. The quantitative estimate of drug-likeness (QED) is 0.628. The minimum absolute atomic E-state index is 0.0191. The van der Waals surface area contributed by atoms with Gasteiger partial charge in [0.25, 0.3) is 5.91 Å². The minimum atomic E-state index is -0.175. The van der Waals surface area contributed by atoms with Crippen LogP contribution in [0.1, 0.15) is 16.7 Å². The Hall–Kier alpha value is -3.27. The third kappa shape index (κ3) is 5.61. The Kier molecular flexibility index (Phi) is 6.10. The largest absolute Gasteiger partial charge is 0.484 e. The number of anilines is 2. The van der Waals surface area contributed by atoms with E-state index in [1.807, 2.05) is 67.6 Å². The summed E-state index contributed by atoms with van der Waals surface area (Å²) in [7, 11) is 0. The molecule has 0 aromatic heterocycles. The van der Waals surface area contributed by atoms with Crippen molar-refractivity contribution in [2.75, 3.05) is 17.2 Å². The topological polar surface area (TPSA) is 50.4 Å². The smallest absolute Gasteiger partial charge is 0.262 e. The molecule has 27 heavy (non-hydrogen) atoms. The van der Waals surface area contributed by atoms with Crippen LogP contribution in [-0.4, -0.2) is 12.5 Å². The van der Waals surface area contributed by atoms with E-state index in [-0.39, 0.29) is 12.5 Å². The highest BCUT2D eigenvalue weighted by atomic mass is 16.5. The number of benzene rings is 3. The zero-order valence-corrected chi connectivity index (χ0v) is 15.7. The monoisotopic (exact) mass is 360 g/mol. The highest BCUT2D eigenvalue weighted by Gasteiger charge is 2.04. The van der Waals surface area contributed by atoms with Crippen LogP contribution in [0, 0.1) is 13.8 Å². The molecule has 3 aromatic rings. The summed E-state index contributed by atoms with van der Waals surface area (Å²) >= 11 is 0. The number of hydrogen-bond acceptors (Lipinski definition) is 3. The number of hydrogen-bond donors (Lipinski definition) is 2. The fourth-order valence-corrected chi connectivity index (χ4v) is 2.74. The van der Waals surface area contributed by atoms with Crippen molar-refractivity contribution in [3.05, 3.63) is 89.5 Å². The van der Waals surface area contributed by atoms with E-state index in [1.165, 1.54) is 5.56 Å². The van der Waals surface area contributed by atoms with E-state index in [0.29, 0.717) is 5.75 Å². The van der Waals surface area contributed by atoms with Gasteiger partial charge >= 0.3 is 0 Å². The van der Waals surface area contributed by atoms with Crippen LogP contribution >= 0.6 is 0 Å². The van der Waals surface area contributed by atoms with E-state index in [1.54, 1.807) is 0 Å². The summed E-state index contributed by atoms with van der Waals surface area (Å²) in [4.78, 5) is 12.0. The third-order valence-electron chi connectivity index (χ3n) is 4.22. The maximum Gasteiger partial charge on any atom is 0.262 e. The Labute approximate surface area is 160 Å². The molecule has 4 nitrogen and oxygen atoms in total. The molecular formula is C23H24N2O2. The van der Waals surface area contributed by atoms with Crippen LogP contribution in [0.25, 0.3) is 0 Å². The predicted octanol–water partition coefficient (Wildman–Crippen LogP) is 4.93. The van der Waals surface area contributed by atoms with Gasteiger partial charge in [0.15, 0.2) is 6.61 Å². The van der Waals surface area contributed by atoms with Gasteiger partial charge < -0.3 is 15.4 Å². The summed E-state index contributed by atoms with van der Waals surface area (Å²) in [6.07, 6.45) is 0. The average molecular weight is 360 g/mol. The van der Waals surface area contributed by atoms with E-state index >= 15 is 0 Å². The van der Waals surface area contributed by atoms with E-state index < -0.39 is 0 Å². The summed E-state index contributed by atoms with van der Waals surface area (Å²) in [5.74, 6) is 0.500. The van der Waals surface area contributed by atoms with Crippen LogP contribution in [0.4, 0.5) is 11.4 Å². The zero-order valence-electron chi connectivity index (χ0n) is 15.7. The molecule has 3 aromatic carbocycles. The molecule has 0 heterocycles. The van der Waals surface area contributed by atoms with E-state index in [9.17, 15) is 4.79 Å². The lowest BCUT2D eigenvalue weighted by atomic mass is 10.1. The van der Waals surface area contributed by atoms with Gasteiger partial charge in [0.05, 0.1) is 0 Å². The highest BCUT2D eigenvalue weighted by Crippen LogP contribution is 2.17. The van der Waals surface area contributed by atoms with Crippen molar-refractivity contribution in [1.82, 2.24) is 0 Å². The number of nitrogens with one attached hydrogen (secondary N) is 2. The molecule has 4 heteroatoms. The van der Waals surface area contributed by atoms with Crippen molar-refractivity contribution in [2.24, 2.45) is 0 Å². The van der Waals surface area contributed by atoms with Crippen molar-refractivity contribution in [3.8, 4) is 5.75 Å². The molecular weight excluding hydrogens is 336 g/mol. The number of amides is 1. The standard InChI is InChI=1S/C23H24N2O2/c1-17-6-5-8-20(14-17)25-23(26)16-27-21-12-10-19(11-13-21)15-24-22-9-4-3-7-18(22)2/h3-14,24H,15-16H2,1-2H3,(H,25,26). The lowest BCUT2D eigenvalue weighted by Gasteiger charge is -2.11. The second-order valence-corrected chi connectivity index (χ2v) is 6.52. The SMILES string of the molecule is Cc1cccc(NC(=O)COc2ccc(CNc3ccccc3C)cc2)c1. The van der Waals surface area contributed by atoms with Crippen molar-refractivity contribution < 1.29 is 9.53 Å². The number of rotatable bonds is 7. The summed E-state index contributed by atoms with van der Waals surface area (Å²) in [5, 5.41) is 6.26. The first-order valence-electron chi connectivity index (χ1n) is 8.98. The lowest BCUT2D eigenvalue weighted by Crippen LogP contribution is -2.20. The Morgan fingerprint density at radius 3 is 2.44 bits per heavy atom. The van der Waals surface area contributed by atoms with Gasteiger partial charge in [0.1, 0.15) is 5.75 Å². The van der Waals surface area contributed by atoms with Crippen LogP contribution < -0.4 is 15.4 Å². The molecule has 0 aliphatic rings. The first-order valence-corrected chi connectivity index (χ1v) is 8.98. The molecule has 0 bridgehead atoms. The Morgan fingerprint density at radius 1 is 0.926 bits per heavy atom. The van der Waals surface area contributed by atoms with Crippen molar-refractivity contribution >= 4 is 17.3 Å². The van der Waals surface area contributed by atoms with Crippen LogP contribution in [0.15, 0.2) is 72.8 Å². The summed E-state index contributed by atoms with van der Waals surface area (Å²) in [6.45, 7) is 4.79. The molecule has 0 fully saturated rings. The lowest BCUT2D eigenvalue weighted by molar-refractivity contribution is -0.118. The van der Waals surface area contributed by atoms with Gasteiger partial charge in [0, 0.05) is 17.9 Å². The number of carbonyl (C=O) groups excluding carboxylic acids is 1. The molecule has 0 radical (unpaired) electrons. The molecule has 0 aliphatic heterocycles. The molecule has 2 N–H and O–H groups in total. The zero-order chi connectivity index (χ0) is 19.1. The first-order chi connectivity index (χ1) is 13.1. The van der Waals surface area contributed by atoms with Gasteiger partial charge in [0.2, 0.25) is 0 Å². The number of ether oxygens (including phenoxy) is 1. The van der Waals surface area contributed by atoms with Crippen LogP contribution in [-0.2, 0) is 11.3 Å². The fourth-order valence-electron chi connectivity index (χ4n) is 2.74. The molecule has 0 atom stereocenters. The van der Waals surface area contributed by atoms with Crippen molar-refractivity contribution in [1.29, 1.82) is 0 Å². The van der Waals surface area contributed by atoms with Gasteiger partial charge in [-0.05, 0) is 60.9 Å². The molecule has 0 spiro atoms. The Morgan fingerprint density at radius 2 is 1.70 bits per heavy atom. The van der Waals surface area contributed by atoms with Crippen molar-refractivity contribution in [3.63, 3.8) is 0 Å². The molecule has 0 saturated carbocycles. The summed E-state index contributed by atoms with van der Waals surface area (Å²) < 4.78 is 5.57. The van der Waals surface area contributed by atoms with E-state index in [2.05, 4.69) is 29.7 Å². The van der Waals surface area contributed by atoms with Crippen LogP contribution in [0.2, 0.25) is 0 Å². The van der Waals surface area contributed by atoms with Gasteiger partial charge in [-0.3, -0.25) is 4.79 Å². The molecule has 0 unspecified atom stereocenters. The van der Waals surface area contributed by atoms with Crippen LogP contribution in [0.3, 0.4) is 0 Å². The van der Waals surface area contributed by atoms with Gasteiger partial charge in [-0.2, -0.15) is 0 Å². The van der Waals surface area contributed by atoms with Crippen molar-refractivity contribution in [2.45, 2.75) is 20.4 Å².